The number of carbonyl (C=O) groups excluding carboxylic acids is 1. The van der Waals surface area contributed by atoms with E-state index in [-0.39, 0.29) is 17.5 Å². The zero-order valence-electron chi connectivity index (χ0n) is 12.3. The molecule has 0 amide bonds. The molecule has 0 atom stereocenters. The van der Waals surface area contributed by atoms with Crippen LogP contribution in [0.2, 0.25) is 0 Å². The van der Waals surface area contributed by atoms with Gasteiger partial charge in [0.1, 0.15) is 5.75 Å². The van der Waals surface area contributed by atoms with Crippen LogP contribution in [0.5, 0.6) is 5.75 Å². The Bertz CT molecular complexity index is 689. The highest BCUT2D eigenvalue weighted by Crippen LogP contribution is 2.16. The molecule has 0 heterocycles. The van der Waals surface area contributed by atoms with E-state index in [9.17, 15) is 13.6 Å². The summed E-state index contributed by atoms with van der Waals surface area (Å²) in [7, 11) is 0. The number of halogens is 2. The van der Waals surface area contributed by atoms with Crippen LogP contribution < -0.4 is 4.74 Å². The van der Waals surface area contributed by atoms with Gasteiger partial charge in [0.25, 0.3) is 0 Å². The molecule has 0 aliphatic carbocycles. The van der Waals surface area contributed by atoms with Crippen LogP contribution in [0.3, 0.4) is 0 Å². The molecule has 0 bridgehead atoms. The van der Waals surface area contributed by atoms with Gasteiger partial charge in [0.2, 0.25) is 0 Å². The van der Waals surface area contributed by atoms with Crippen molar-refractivity contribution < 1.29 is 18.3 Å². The molecule has 4 heteroatoms. The van der Waals surface area contributed by atoms with Crippen molar-refractivity contribution >= 4 is 11.9 Å². The van der Waals surface area contributed by atoms with Gasteiger partial charge in [-0.2, -0.15) is 0 Å². The lowest BCUT2D eigenvalue weighted by Gasteiger charge is -2.09. The Kier molecular flexibility index (Phi) is 5.04. The molecule has 2 aromatic carbocycles. The van der Waals surface area contributed by atoms with Crippen molar-refractivity contribution in [2.24, 2.45) is 0 Å². The predicted octanol–water partition coefficient (Wildman–Crippen LogP) is 4.65. The smallest absolute Gasteiger partial charge is 0.185 e. The molecule has 2 aromatic rings. The monoisotopic (exact) mass is 302 g/mol. The molecule has 0 saturated carbocycles. The standard InChI is InChI=1S/C18H16F2O2/c1-12(2)22-15-9-6-13(7-10-15)17(21)11-8-14-4-3-5-16(19)18(14)20/h3-12H,1-2H3/b11-8+. The van der Waals surface area contributed by atoms with Crippen molar-refractivity contribution in [2.75, 3.05) is 0 Å². The number of benzene rings is 2. The van der Waals surface area contributed by atoms with E-state index < -0.39 is 11.6 Å². The highest BCUT2D eigenvalue weighted by atomic mass is 19.2. The molecule has 0 aromatic heterocycles. The second kappa shape index (κ2) is 6.98. The van der Waals surface area contributed by atoms with Gasteiger partial charge in [0.05, 0.1) is 6.10 Å². The van der Waals surface area contributed by atoms with E-state index in [4.69, 9.17) is 4.74 Å². The zero-order chi connectivity index (χ0) is 16.1. The summed E-state index contributed by atoms with van der Waals surface area (Å²) in [6, 6.07) is 10.5. The van der Waals surface area contributed by atoms with Gasteiger partial charge < -0.3 is 4.74 Å². The highest BCUT2D eigenvalue weighted by Gasteiger charge is 2.06. The molecule has 0 unspecified atom stereocenters. The maximum atomic E-state index is 13.5. The van der Waals surface area contributed by atoms with E-state index in [1.807, 2.05) is 13.8 Å². The Morgan fingerprint density at radius 2 is 1.77 bits per heavy atom. The molecule has 0 radical (unpaired) electrons. The average Bonchev–Trinajstić information content (AvgIpc) is 2.48. The van der Waals surface area contributed by atoms with E-state index in [2.05, 4.69) is 0 Å². The highest BCUT2D eigenvalue weighted by molar-refractivity contribution is 6.06. The number of hydrogen-bond acceptors (Lipinski definition) is 2. The van der Waals surface area contributed by atoms with Crippen LogP contribution in [-0.2, 0) is 0 Å². The summed E-state index contributed by atoms with van der Waals surface area (Å²) in [4.78, 5) is 12.0. The Labute approximate surface area is 128 Å². The number of ether oxygens (including phenoxy) is 1. The second-order valence-electron chi connectivity index (χ2n) is 5.03. The molecule has 0 aliphatic heterocycles. The summed E-state index contributed by atoms with van der Waals surface area (Å²) >= 11 is 0. The van der Waals surface area contributed by atoms with Crippen LogP contribution in [0.1, 0.15) is 29.8 Å². The lowest BCUT2D eigenvalue weighted by molar-refractivity contribution is 0.104. The minimum absolute atomic E-state index is 0.0353. The van der Waals surface area contributed by atoms with Crippen molar-refractivity contribution in [3.8, 4) is 5.75 Å². The van der Waals surface area contributed by atoms with Gasteiger partial charge in [0, 0.05) is 11.1 Å². The second-order valence-corrected chi connectivity index (χ2v) is 5.03. The first-order chi connectivity index (χ1) is 10.5. The van der Waals surface area contributed by atoms with Crippen LogP contribution in [0.25, 0.3) is 6.08 Å². The summed E-state index contributed by atoms with van der Waals surface area (Å²) in [5, 5.41) is 0. The third-order valence-corrected chi connectivity index (χ3v) is 2.91. The summed E-state index contributed by atoms with van der Waals surface area (Å²) in [6.45, 7) is 3.82. The lowest BCUT2D eigenvalue weighted by Crippen LogP contribution is -2.05. The number of carbonyl (C=O) groups is 1. The van der Waals surface area contributed by atoms with Gasteiger partial charge in [-0.25, -0.2) is 8.78 Å². The van der Waals surface area contributed by atoms with Crippen LogP contribution in [0, 0.1) is 11.6 Å². The predicted molar refractivity (Wildman–Crippen MR) is 81.9 cm³/mol. The Morgan fingerprint density at radius 3 is 2.41 bits per heavy atom. The minimum Gasteiger partial charge on any atom is -0.491 e. The SMILES string of the molecule is CC(C)Oc1ccc(C(=O)/C=C/c2cccc(F)c2F)cc1. The fraction of sp³-hybridized carbons (Fsp3) is 0.167. The quantitative estimate of drug-likeness (QED) is 0.593. The van der Waals surface area contributed by atoms with Gasteiger partial charge in [-0.05, 0) is 56.3 Å². The largest absolute Gasteiger partial charge is 0.491 e. The molecule has 114 valence electrons. The van der Waals surface area contributed by atoms with Crippen LogP contribution >= 0.6 is 0 Å². The number of allylic oxidation sites excluding steroid dienone is 1. The molecule has 0 saturated heterocycles. The van der Waals surface area contributed by atoms with E-state index >= 15 is 0 Å². The third kappa shape index (κ3) is 4.01. The molecule has 0 fully saturated rings. The third-order valence-electron chi connectivity index (χ3n) is 2.91. The van der Waals surface area contributed by atoms with Crippen molar-refractivity contribution in [2.45, 2.75) is 20.0 Å². The van der Waals surface area contributed by atoms with E-state index in [1.54, 1.807) is 24.3 Å². The maximum absolute atomic E-state index is 13.5. The first-order valence-corrected chi connectivity index (χ1v) is 6.90. The molecular weight excluding hydrogens is 286 g/mol. The van der Waals surface area contributed by atoms with Gasteiger partial charge in [-0.3, -0.25) is 4.79 Å². The maximum Gasteiger partial charge on any atom is 0.185 e. The fourth-order valence-electron chi connectivity index (χ4n) is 1.88. The van der Waals surface area contributed by atoms with Gasteiger partial charge >= 0.3 is 0 Å². The van der Waals surface area contributed by atoms with Gasteiger partial charge in [-0.15, -0.1) is 0 Å². The van der Waals surface area contributed by atoms with Crippen LogP contribution in [0.15, 0.2) is 48.5 Å². The molecule has 0 aliphatic rings. The summed E-state index contributed by atoms with van der Waals surface area (Å²) in [5.74, 6) is -1.52. The Hall–Kier alpha value is -2.49. The lowest BCUT2D eigenvalue weighted by atomic mass is 10.1. The number of hydrogen-bond donors (Lipinski definition) is 0. The van der Waals surface area contributed by atoms with E-state index in [0.717, 1.165) is 6.07 Å². The summed E-state index contributed by atoms with van der Waals surface area (Å²) in [5.41, 5.74) is 0.484. The molecule has 0 spiro atoms. The zero-order valence-corrected chi connectivity index (χ0v) is 12.3. The van der Waals surface area contributed by atoms with E-state index in [0.29, 0.717) is 11.3 Å². The Morgan fingerprint density at radius 1 is 1.09 bits per heavy atom. The van der Waals surface area contributed by atoms with Crippen molar-refractivity contribution in [3.05, 3.63) is 71.3 Å². The van der Waals surface area contributed by atoms with Crippen molar-refractivity contribution in [3.63, 3.8) is 0 Å². The first kappa shape index (κ1) is 15.9. The van der Waals surface area contributed by atoms with Gasteiger partial charge in [-0.1, -0.05) is 12.1 Å². The average molecular weight is 302 g/mol. The van der Waals surface area contributed by atoms with E-state index in [1.165, 1.54) is 24.3 Å². The minimum atomic E-state index is -0.966. The van der Waals surface area contributed by atoms with Crippen molar-refractivity contribution in [1.82, 2.24) is 0 Å². The van der Waals surface area contributed by atoms with Crippen LogP contribution in [0.4, 0.5) is 8.78 Å². The van der Waals surface area contributed by atoms with Crippen LogP contribution in [-0.4, -0.2) is 11.9 Å². The summed E-state index contributed by atoms with van der Waals surface area (Å²) in [6.07, 6.45) is 2.53. The molecule has 22 heavy (non-hydrogen) atoms. The molecular formula is C18H16F2O2. The normalized spacial score (nSPS) is 11.1. The number of rotatable bonds is 5. The topological polar surface area (TPSA) is 26.3 Å². The fourth-order valence-corrected chi connectivity index (χ4v) is 1.88. The molecule has 0 N–H and O–H groups in total. The molecule has 2 rings (SSSR count). The number of ketones is 1. The van der Waals surface area contributed by atoms with Crippen molar-refractivity contribution in [1.29, 1.82) is 0 Å². The first-order valence-electron chi connectivity index (χ1n) is 6.90. The Balaban J connectivity index is 2.11. The summed E-state index contributed by atoms with van der Waals surface area (Å²) < 4.78 is 32.0. The molecule has 2 nitrogen and oxygen atoms in total. The van der Waals surface area contributed by atoms with Gasteiger partial charge in [0.15, 0.2) is 17.4 Å².